The first-order valence-electron chi connectivity index (χ1n) is 6.22. The molecule has 0 saturated carbocycles. The lowest BCUT2D eigenvalue weighted by atomic mass is 10.1. The smallest absolute Gasteiger partial charge is 0.269 e. The molecule has 5 nitrogen and oxygen atoms in total. The molecule has 2 aromatic carbocycles. The van der Waals surface area contributed by atoms with Crippen molar-refractivity contribution in [2.75, 3.05) is 0 Å². The highest BCUT2D eigenvalue weighted by atomic mass is 35.5. The van der Waals surface area contributed by atoms with E-state index in [1.807, 2.05) is 12.1 Å². The number of nitro benzene ring substituents is 1. The quantitative estimate of drug-likeness (QED) is 0.678. The normalized spacial score (nSPS) is 10.1. The molecule has 0 aliphatic rings. The van der Waals surface area contributed by atoms with Gasteiger partial charge in [-0.05, 0) is 29.3 Å². The molecular formula is C15H12ClN3O2. The summed E-state index contributed by atoms with van der Waals surface area (Å²) >= 11 is 6.02. The van der Waals surface area contributed by atoms with Crippen LogP contribution in [0.4, 0.5) is 5.69 Å². The number of nitrogens with zero attached hydrogens (tertiary/aromatic N) is 2. The van der Waals surface area contributed by atoms with E-state index in [1.165, 1.54) is 18.2 Å². The molecule has 0 aliphatic carbocycles. The molecule has 2 aromatic rings. The van der Waals surface area contributed by atoms with Crippen molar-refractivity contribution < 1.29 is 4.92 Å². The lowest BCUT2D eigenvalue weighted by molar-refractivity contribution is -0.384. The number of nitriles is 1. The highest BCUT2D eigenvalue weighted by Crippen LogP contribution is 2.21. The fraction of sp³-hybridized carbons (Fsp3) is 0.133. The van der Waals surface area contributed by atoms with Gasteiger partial charge in [-0.15, -0.1) is 0 Å². The number of rotatable bonds is 5. The van der Waals surface area contributed by atoms with Gasteiger partial charge < -0.3 is 5.32 Å². The Bertz CT molecular complexity index is 710. The van der Waals surface area contributed by atoms with E-state index in [0.717, 1.165) is 5.56 Å². The van der Waals surface area contributed by atoms with Gasteiger partial charge in [0.2, 0.25) is 0 Å². The fourth-order valence-electron chi connectivity index (χ4n) is 1.90. The van der Waals surface area contributed by atoms with E-state index in [-0.39, 0.29) is 5.69 Å². The van der Waals surface area contributed by atoms with E-state index in [1.54, 1.807) is 12.1 Å². The van der Waals surface area contributed by atoms with Crippen LogP contribution in [0.2, 0.25) is 5.02 Å². The van der Waals surface area contributed by atoms with E-state index in [9.17, 15) is 10.1 Å². The van der Waals surface area contributed by atoms with Crippen LogP contribution in [0.25, 0.3) is 0 Å². The van der Waals surface area contributed by atoms with Gasteiger partial charge in [0.25, 0.3) is 5.69 Å². The predicted octanol–water partition coefficient (Wildman–Crippen LogP) is 3.41. The van der Waals surface area contributed by atoms with E-state index in [0.29, 0.717) is 29.2 Å². The summed E-state index contributed by atoms with van der Waals surface area (Å²) in [5.41, 5.74) is 2.25. The Kier molecular flexibility index (Phi) is 4.88. The van der Waals surface area contributed by atoms with Crippen LogP contribution in [-0.4, -0.2) is 4.92 Å². The molecule has 6 heteroatoms. The summed E-state index contributed by atoms with van der Waals surface area (Å²) in [5.74, 6) is 0. The second-order valence-electron chi connectivity index (χ2n) is 4.45. The maximum absolute atomic E-state index is 10.7. The molecule has 0 bridgehead atoms. The third-order valence-corrected chi connectivity index (χ3v) is 3.31. The van der Waals surface area contributed by atoms with Gasteiger partial charge in [0.1, 0.15) is 0 Å². The number of hydrogen-bond acceptors (Lipinski definition) is 4. The summed E-state index contributed by atoms with van der Waals surface area (Å²) in [6.07, 6.45) is 0. The Labute approximate surface area is 126 Å². The van der Waals surface area contributed by atoms with Crippen LogP contribution >= 0.6 is 11.6 Å². The van der Waals surface area contributed by atoms with Crippen molar-refractivity contribution in [3.8, 4) is 6.07 Å². The van der Waals surface area contributed by atoms with Crippen molar-refractivity contribution in [2.24, 2.45) is 0 Å². The van der Waals surface area contributed by atoms with Crippen LogP contribution in [0, 0.1) is 21.4 Å². The highest BCUT2D eigenvalue weighted by molar-refractivity contribution is 6.31. The topological polar surface area (TPSA) is 79.0 Å². The molecule has 21 heavy (non-hydrogen) atoms. The summed E-state index contributed by atoms with van der Waals surface area (Å²) in [6.45, 7) is 0.964. The molecular weight excluding hydrogens is 290 g/mol. The van der Waals surface area contributed by atoms with Crippen LogP contribution in [0.5, 0.6) is 0 Å². The molecule has 0 saturated heterocycles. The Balaban J connectivity index is 2.01. The van der Waals surface area contributed by atoms with Gasteiger partial charge in [-0.25, -0.2) is 0 Å². The second kappa shape index (κ2) is 6.84. The zero-order chi connectivity index (χ0) is 15.2. The van der Waals surface area contributed by atoms with Gasteiger partial charge in [-0.3, -0.25) is 10.1 Å². The molecule has 0 spiro atoms. The van der Waals surface area contributed by atoms with Crippen LogP contribution in [0.1, 0.15) is 16.7 Å². The van der Waals surface area contributed by atoms with Crippen LogP contribution in [0.15, 0.2) is 42.5 Å². The highest BCUT2D eigenvalue weighted by Gasteiger charge is 2.09. The molecule has 0 aliphatic heterocycles. The number of halogens is 1. The van der Waals surface area contributed by atoms with Crippen LogP contribution < -0.4 is 5.32 Å². The van der Waals surface area contributed by atoms with Gasteiger partial charge in [-0.2, -0.15) is 5.26 Å². The summed E-state index contributed by atoms with van der Waals surface area (Å²) < 4.78 is 0. The average Bonchev–Trinajstić information content (AvgIpc) is 2.49. The molecule has 0 unspecified atom stereocenters. The predicted molar refractivity (Wildman–Crippen MR) is 79.8 cm³/mol. The first kappa shape index (κ1) is 15.0. The SMILES string of the molecule is N#Cc1cccc(CNCc2cc([N+](=O)[O-])ccc2Cl)c1. The Morgan fingerprint density at radius 1 is 1.24 bits per heavy atom. The van der Waals surface area contributed by atoms with E-state index in [2.05, 4.69) is 11.4 Å². The Morgan fingerprint density at radius 2 is 2.05 bits per heavy atom. The maximum Gasteiger partial charge on any atom is 0.269 e. The van der Waals surface area contributed by atoms with E-state index in [4.69, 9.17) is 16.9 Å². The summed E-state index contributed by atoms with van der Waals surface area (Å²) in [4.78, 5) is 10.3. The first-order chi connectivity index (χ1) is 10.1. The van der Waals surface area contributed by atoms with E-state index < -0.39 is 4.92 Å². The van der Waals surface area contributed by atoms with Crippen LogP contribution in [0.3, 0.4) is 0 Å². The Morgan fingerprint density at radius 3 is 2.76 bits per heavy atom. The fourth-order valence-corrected chi connectivity index (χ4v) is 2.09. The molecule has 106 valence electrons. The second-order valence-corrected chi connectivity index (χ2v) is 4.86. The maximum atomic E-state index is 10.7. The Hall–Kier alpha value is -2.42. The van der Waals surface area contributed by atoms with Gasteiger partial charge in [0, 0.05) is 30.2 Å². The molecule has 0 atom stereocenters. The van der Waals surface area contributed by atoms with Crippen molar-refractivity contribution in [3.63, 3.8) is 0 Å². The minimum Gasteiger partial charge on any atom is -0.309 e. The minimum absolute atomic E-state index is 0.0164. The molecule has 0 fully saturated rings. The van der Waals surface area contributed by atoms with Gasteiger partial charge in [0.15, 0.2) is 0 Å². The van der Waals surface area contributed by atoms with Crippen molar-refractivity contribution >= 4 is 17.3 Å². The van der Waals surface area contributed by atoms with Crippen molar-refractivity contribution in [1.82, 2.24) is 5.32 Å². The van der Waals surface area contributed by atoms with Crippen molar-refractivity contribution in [3.05, 3.63) is 74.3 Å². The zero-order valence-electron chi connectivity index (χ0n) is 11.0. The molecule has 2 rings (SSSR count). The van der Waals surface area contributed by atoms with Crippen molar-refractivity contribution in [2.45, 2.75) is 13.1 Å². The third kappa shape index (κ3) is 4.02. The number of nitro groups is 1. The van der Waals surface area contributed by atoms with Gasteiger partial charge >= 0.3 is 0 Å². The number of hydrogen-bond donors (Lipinski definition) is 1. The molecule has 0 heterocycles. The summed E-state index contributed by atoms with van der Waals surface area (Å²) in [7, 11) is 0. The van der Waals surface area contributed by atoms with Gasteiger partial charge in [0.05, 0.1) is 16.6 Å². The van der Waals surface area contributed by atoms with Crippen LogP contribution in [-0.2, 0) is 13.1 Å². The lowest BCUT2D eigenvalue weighted by Gasteiger charge is -2.07. The van der Waals surface area contributed by atoms with Crippen molar-refractivity contribution in [1.29, 1.82) is 5.26 Å². The summed E-state index contributed by atoms with van der Waals surface area (Å²) in [5, 5.41) is 23.2. The van der Waals surface area contributed by atoms with Gasteiger partial charge in [-0.1, -0.05) is 23.7 Å². The largest absolute Gasteiger partial charge is 0.309 e. The molecule has 0 amide bonds. The molecule has 0 aromatic heterocycles. The number of non-ortho nitro benzene ring substituents is 1. The summed E-state index contributed by atoms with van der Waals surface area (Å²) in [6, 6.07) is 13.7. The minimum atomic E-state index is -0.448. The number of benzene rings is 2. The monoisotopic (exact) mass is 301 g/mol. The number of nitrogens with one attached hydrogen (secondary N) is 1. The zero-order valence-corrected chi connectivity index (χ0v) is 11.8. The molecule has 0 radical (unpaired) electrons. The first-order valence-corrected chi connectivity index (χ1v) is 6.60. The molecule has 1 N–H and O–H groups in total. The average molecular weight is 302 g/mol. The third-order valence-electron chi connectivity index (χ3n) is 2.94. The van der Waals surface area contributed by atoms with E-state index >= 15 is 0 Å². The lowest BCUT2D eigenvalue weighted by Crippen LogP contribution is -2.13. The standard InChI is InChI=1S/C15H12ClN3O2/c16-15-5-4-14(19(20)21)7-13(15)10-18-9-12-3-1-2-11(6-12)8-17/h1-7,18H,9-10H2.